The molecule has 8 atom stereocenters. The number of nitrogens with one attached hydrogen (secondary N) is 1. The number of esters is 1. The van der Waals surface area contributed by atoms with Crippen molar-refractivity contribution >= 4 is 23.5 Å². The molecule has 1 aromatic carbocycles. The van der Waals surface area contributed by atoms with E-state index in [1.807, 2.05) is 18.2 Å². The summed E-state index contributed by atoms with van der Waals surface area (Å²) in [5.41, 5.74) is 11.9. The number of ether oxygens (including phenoxy) is 1. The lowest BCUT2D eigenvalue weighted by Crippen LogP contribution is -2.64. The van der Waals surface area contributed by atoms with Crippen LogP contribution >= 0.6 is 11.8 Å². The van der Waals surface area contributed by atoms with Crippen LogP contribution in [0.5, 0.6) is 0 Å². The maximum absolute atomic E-state index is 14.4. The van der Waals surface area contributed by atoms with Gasteiger partial charge >= 0.3 is 5.97 Å². The first-order valence-electron chi connectivity index (χ1n) is 16.2. The molecule has 246 valence electrons. The molecule has 1 aromatic heterocycles. The number of aliphatic hydroxyl groups excluding tert-OH is 1. The summed E-state index contributed by atoms with van der Waals surface area (Å²) >= 11 is 1.31. The molecule has 3 fully saturated rings. The van der Waals surface area contributed by atoms with Gasteiger partial charge in [0.05, 0.1) is 16.9 Å². The Hall–Kier alpha value is -2.37. The zero-order valence-corrected chi connectivity index (χ0v) is 27.8. The van der Waals surface area contributed by atoms with Crippen LogP contribution in [-0.2, 0) is 34.0 Å². The molecule has 6 N–H and O–H groups in total. The number of halogens is 1. The predicted molar refractivity (Wildman–Crippen MR) is 173 cm³/mol. The number of rotatable bonds is 10. The van der Waals surface area contributed by atoms with Crippen LogP contribution in [0.1, 0.15) is 76.5 Å². The summed E-state index contributed by atoms with van der Waals surface area (Å²) in [6.45, 7) is 9.87. The second kappa shape index (κ2) is 13.4. The topological polar surface area (TPSA) is 141 Å². The Morgan fingerprint density at radius 2 is 1.91 bits per heavy atom. The molecule has 0 unspecified atom stereocenters. The van der Waals surface area contributed by atoms with Gasteiger partial charge in [-0.25, -0.2) is 9.37 Å². The van der Waals surface area contributed by atoms with Crippen molar-refractivity contribution in [2.45, 2.75) is 96.7 Å². The summed E-state index contributed by atoms with van der Waals surface area (Å²) in [5, 5.41) is 16.3. The Labute approximate surface area is 270 Å². The molecule has 0 radical (unpaired) electrons. The number of carbonyl (C=O) groups is 2. The minimum atomic E-state index is -0.742. The lowest BCUT2D eigenvalue weighted by molar-refractivity contribution is -0.210. The van der Waals surface area contributed by atoms with E-state index in [0.717, 1.165) is 30.4 Å². The Morgan fingerprint density at radius 3 is 2.58 bits per heavy atom. The maximum atomic E-state index is 14.4. The molecule has 0 aliphatic heterocycles. The smallest absolute Gasteiger partial charge is 0.316 e. The largest absolute Gasteiger partial charge is 0.461 e. The average Bonchev–Trinajstić information content (AvgIpc) is 3.38. The molecule has 3 saturated carbocycles. The lowest BCUT2D eigenvalue weighted by atomic mass is 9.44. The van der Waals surface area contributed by atoms with Crippen LogP contribution < -0.4 is 16.8 Å². The van der Waals surface area contributed by atoms with Gasteiger partial charge in [0.15, 0.2) is 0 Å². The monoisotopic (exact) mass is 640 g/mol. The predicted octanol–water partition coefficient (Wildman–Crippen LogP) is 4.74. The Morgan fingerprint density at radius 1 is 1.16 bits per heavy atom. The van der Waals surface area contributed by atoms with Gasteiger partial charge in [-0.3, -0.25) is 9.59 Å². The highest BCUT2D eigenvalue weighted by Gasteiger charge is 2.68. The molecule has 3 aliphatic carbocycles. The fraction of sp³-hybridized carbons (Fsp3) is 0.629. The van der Waals surface area contributed by atoms with Gasteiger partial charge < -0.3 is 26.6 Å². The lowest BCUT2D eigenvalue weighted by Gasteiger charge is -2.62. The molecule has 0 amide bonds. The van der Waals surface area contributed by atoms with E-state index in [-0.39, 0.29) is 53.0 Å². The van der Waals surface area contributed by atoms with Crippen LogP contribution in [0.3, 0.4) is 0 Å². The Kier molecular flexibility index (Phi) is 10.1. The van der Waals surface area contributed by atoms with Crippen molar-refractivity contribution in [3.8, 4) is 0 Å². The molecular weight excluding hydrogens is 591 g/mol. The molecule has 2 bridgehead atoms. The second-order valence-electron chi connectivity index (χ2n) is 14.2. The number of benzene rings is 1. The molecule has 3 aliphatic rings. The van der Waals surface area contributed by atoms with Gasteiger partial charge in [-0.1, -0.05) is 57.7 Å². The summed E-state index contributed by atoms with van der Waals surface area (Å²) in [6.07, 6.45) is 3.81. The quantitative estimate of drug-likeness (QED) is 0.214. The molecule has 8 nitrogen and oxygen atoms in total. The van der Waals surface area contributed by atoms with E-state index >= 15 is 0 Å². The third-order valence-corrected chi connectivity index (χ3v) is 12.7. The van der Waals surface area contributed by atoms with E-state index < -0.39 is 23.0 Å². The van der Waals surface area contributed by atoms with Gasteiger partial charge in [0.25, 0.3) is 0 Å². The van der Waals surface area contributed by atoms with Gasteiger partial charge in [-0.15, -0.1) is 0 Å². The SMILES string of the molecule is C[C@@H]1CC[C@@]23CCC(=O)[C@H]2[C@]1(C)[C@H](OC(=O)CSc1ccc(CN)cn1)C[C@](C)(CNCc1ccc(CN)c(F)c1)[C@@H](O)[C@@H]3C. The van der Waals surface area contributed by atoms with Crippen LogP contribution in [-0.4, -0.2) is 46.3 Å². The van der Waals surface area contributed by atoms with Crippen molar-refractivity contribution in [3.63, 3.8) is 0 Å². The highest BCUT2D eigenvalue weighted by Crippen LogP contribution is 2.67. The molecule has 0 spiro atoms. The minimum absolute atomic E-state index is 0.0813. The van der Waals surface area contributed by atoms with Crippen molar-refractivity contribution in [1.29, 1.82) is 0 Å². The molecule has 10 heteroatoms. The van der Waals surface area contributed by atoms with Gasteiger partial charge in [-0.2, -0.15) is 0 Å². The van der Waals surface area contributed by atoms with Crippen LogP contribution in [0.4, 0.5) is 4.39 Å². The Bertz CT molecular complexity index is 1390. The van der Waals surface area contributed by atoms with Gasteiger partial charge in [0.1, 0.15) is 17.7 Å². The third-order valence-electron chi connectivity index (χ3n) is 11.7. The molecular formula is C35H49FN4O4S. The molecule has 45 heavy (non-hydrogen) atoms. The molecule has 2 aromatic rings. The summed E-state index contributed by atoms with van der Waals surface area (Å²) < 4.78 is 20.9. The average molecular weight is 641 g/mol. The molecule has 1 heterocycles. The summed E-state index contributed by atoms with van der Waals surface area (Å²) in [4.78, 5) is 31.7. The number of aromatic nitrogens is 1. The summed E-state index contributed by atoms with van der Waals surface area (Å²) in [7, 11) is 0. The number of carbonyl (C=O) groups excluding carboxylic acids is 2. The number of nitrogens with two attached hydrogens (primary N) is 2. The molecule has 0 saturated heterocycles. The van der Waals surface area contributed by atoms with Crippen LogP contribution in [0.15, 0.2) is 41.6 Å². The fourth-order valence-corrected chi connectivity index (χ4v) is 9.46. The van der Waals surface area contributed by atoms with Crippen LogP contribution in [0, 0.1) is 39.8 Å². The van der Waals surface area contributed by atoms with Crippen LogP contribution in [0.2, 0.25) is 0 Å². The first-order chi connectivity index (χ1) is 21.4. The van der Waals surface area contributed by atoms with Crippen molar-refractivity contribution < 1.29 is 23.8 Å². The summed E-state index contributed by atoms with van der Waals surface area (Å²) in [5.74, 6) is -0.635. The minimum Gasteiger partial charge on any atom is -0.461 e. The number of thioether (sulfide) groups is 1. The number of nitrogens with zero attached hydrogens (tertiary/aromatic N) is 1. The van der Waals surface area contributed by atoms with E-state index in [1.165, 1.54) is 17.8 Å². The van der Waals surface area contributed by atoms with E-state index in [0.29, 0.717) is 43.1 Å². The van der Waals surface area contributed by atoms with E-state index in [4.69, 9.17) is 16.2 Å². The first kappa shape index (κ1) is 34.0. The first-order valence-corrected chi connectivity index (χ1v) is 17.2. The zero-order valence-electron chi connectivity index (χ0n) is 27.0. The van der Waals surface area contributed by atoms with Crippen molar-refractivity contribution in [2.24, 2.45) is 45.5 Å². The number of hydrogen-bond acceptors (Lipinski definition) is 9. The van der Waals surface area contributed by atoms with E-state index in [1.54, 1.807) is 12.3 Å². The van der Waals surface area contributed by atoms with Gasteiger partial charge in [0, 0.05) is 61.1 Å². The van der Waals surface area contributed by atoms with Gasteiger partial charge in [-0.05, 0) is 66.2 Å². The highest BCUT2D eigenvalue weighted by atomic mass is 32.2. The number of pyridine rings is 1. The zero-order chi connectivity index (χ0) is 32.6. The Balaban J connectivity index is 1.42. The third kappa shape index (κ3) is 6.33. The normalized spacial score (nSPS) is 34.6. The number of ketones is 1. The highest BCUT2D eigenvalue weighted by molar-refractivity contribution is 7.99. The van der Waals surface area contributed by atoms with Crippen molar-refractivity contribution in [1.82, 2.24) is 10.3 Å². The standard InChI is InChI=1S/C35H49FN4O4S/c1-21-9-11-35-12-10-27(41)31(35)34(21,4)28(44-30(42)19-45-29-8-6-24(15-37)18-40-29)14-33(3,32(43)22(35)2)20-39-17-23-5-7-25(16-38)26(36)13-23/h5-8,13,18,21-22,28,31-32,39,43H,9-12,14-17,19-20,37-38H2,1-4H3/t21-,22+,28-,31+,32+,33-,34+,35+/m1/s1. The second-order valence-corrected chi connectivity index (χ2v) is 15.2. The number of Topliss-reactive ketones (excluding diaryl/α,β-unsaturated/α-hetero) is 1. The number of aliphatic hydroxyl groups is 1. The molecule has 5 rings (SSSR count). The summed E-state index contributed by atoms with van der Waals surface area (Å²) in [6, 6.07) is 8.81. The van der Waals surface area contributed by atoms with E-state index in [9.17, 15) is 19.1 Å². The fourth-order valence-electron chi connectivity index (χ4n) is 8.83. The maximum Gasteiger partial charge on any atom is 0.316 e. The van der Waals surface area contributed by atoms with Crippen molar-refractivity contribution in [3.05, 3.63) is 59.0 Å². The number of hydrogen-bond donors (Lipinski definition) is 4. The van der Waals surface area contributed by atoms with Gasteiger partial charge in [0.2, 0.25) is 0 Å². The van der Waals surface area contributed by atoms with Crippen LogP contribution in [0.25, 0.3) is 0 Å². The van der Waals surface area contributed by atoms with E-state index in [2.05, 4.69) is 38.0 Å². The van der Waals surface area contributed by atoms with Crippen molar-refractivity contribution in [2.75, 3.05) is 12.3 Å².